The van der Waals surface area contributed by atoms with E-state index < -0.39 is 12.1 Å². The van der Waals surface area contributed by atoms with Gasteiger partial charge in [0.25, 0.3) is 0 Å². The van der Waals surface area contributed by atoms with Gasteiger partial charge in [-0.05, 0) is 31.9 Å². The molecule has 0 aromatic heterocycles. The maximum Gasteiger partial charge on any atom is 0.391 e. The van der Waals surface area contributed by atoms with Gasteiger partial charge in [-0.15, -0.1) is 0 Å². The molecule has 0 spiro atoms. The molecule has 1 aliphatic carbocycles. The van der Waals surface area contributed by atoms with Crippen molar-refractivity contribution in [2.45, 2.75) is 37.1 Å². The first kappa shape index (κ1) is 10.2. The molecule has 0 N–H and O–H groups in total. The predicted molar refractivity (Wildman–Crippen MR) is 45.3 cm³/mol. The minimum atomic E-state index is -3.95. The van der Waals surface area contributed by atoms with Crippen LogP contribution in [0.25, 0.3) is 0 Å². The zero-order chi connectivity index (χ0) is 9.19. The van der Waals surface area contributed by atoms with Crippen molar-refractivity contribution >= 4 is 11.8 Å². The summed E-state index contributed by atoms with van der Waals surface area (Å²) >= 11 is 1.69. The molecular formula is C8H13F3S. The number of thioether (sulfide) groups is 1. The zero-order valence-electron chi connectivity index (χ0n) is 7.03. The first-order chi connectivity index (χ1) is 5.54. The van der Waals surface area contributed by atoms with Gasteiger partial charge in [-0.1, -0.05) is 0 Å². The minimum absolute atomic E-state index is 0.328. The van der Waals surface area contributed by atoms with E-state index in [1.807, 2.05) is 6.26 Å². The molecule has 1 fully saturated rings. The Kier molecular flexibility index (Phi) is 3.32. The van der Waals surface area contributed by atoms with Crippen molar-refractivity contribution < 1.29 is 13.2 Å². The Labute approximate surface area is 74.9 Å². The summed E-state index contributed by atoms with van der Waals surface area (Å²) in [6, 6.07) is 0. The Hall–Kier alpha value is 0.140. The normalized spacial score (nSPS) is 32.0. The van der Waals surface area contributed by atoms with Crippen LogP contribution in [-0.4, -0.2) is 17.7 Å². The van der Waals surface area contributed by atoms with Crippen LogP contribution in [0.1, 0.15) is 25.7 Å². The Bertz CT molecular complexity index is 136. The first-order valence-electron chi connectivity index (χ1n) is 4.13. The monoisotopic (exact) mass is 198 g/mol. The molecule has 0 bridgehead atoms. The molecule has 1 saturated carbocycles. The Morgan fingerprint density at radius 1 is 1.08 bits per heavy atom. The van der Waals surface area contributed by atoms with E-state index in [9.17, 15) is 13.2 Å². The molecule has 0 nitrogen and oxygen atoms in total. The lowest BCUT2D eigenvalue weighted by Gasteiger charge is -2.28. The van der Waals surface area contributed by atoms with Crippen LogP contribution in [0, 0.1) is 5.92 Å². The summed E-state index contributed by atoms with van der Waals surface area (Å²) in [5.41, 5.74) is 0. The average Bonchev–Trinajstić information content (AvgIpc) is 2.03. The van der Waals surface area contributed by atoms with Crippen LogP contribution < -0.4 is 0 Å². The van der Waals surface area contributed by atoms with E-state index in [2.05, 4.69) is 0 Å². The van der Waals surface area contributed by atoms with E-state index in [1.165, 1.54) is 0 Å². The summed E-state index contributed by atoms with van der Waals surface area (Å²) in [5, 5.41) is 0.462. The fourth-order valence-corrected chi connectivity index (χ4v) is 2.37. The second-order valence-corrected chi connectivity index (χ2v) is 4.39. The van der Waals surface area contributed by atoms with Gasteiger partial charge in [0, 0.05) is 5.25 Å². The van der Waals surface area contributed by atoms with Crippen molar-refractivity contribution in [2.24, 2.45) is 5.92 Å². The van der Waals surface area contributed by atoms with Crippen molar-refractivity contribution in [2.75, 3.05) is 6.26 Å². The zero-order valence-corrected chi connectivity index (χ0v) is 7.84. The third kappa shape index (κ3) is 2.57. The predicted octanol–water partition coefficient (Wildman–Crippen LogP) is 3.47. The van der Waals surface area contributed by atoms with Gasteiger partial charge >= 0.3 is 6.18 Å². The molecule has 0 aromatic rings. The van der Waals surface area contributed by atoms with Crippen LogP contribution in [0.4, 0.5) is 13.2 Å². The van der Waals surface area contributed by atoms with Crippen molar-refractivity contribution in [3.05, 3.63) is 0 Å². The molecule has 0 unspecified atom stereocenters. The summed E-state index contributed by atoms with van der Waals surface area (Å²) in [6.07, 6.45) is 0.128. The van der Waals surface area contributed by atoms with Gasteiger partial charge in [-0.3, -0.25) is 0 Å². The van der Waals surface area contributed by atoms with E-state index in [1.54, 1.807) is 11.8 Å². The number of alkyl halides is 3. The number of hydrogen-bond acceptors (Lipinski definition) is 1. The Morgan fingerprint density at radius 3 is 1.92 bits per heavy atom. The highest BCUT2D eigenvalue weighted by Gasteiger charge is 2.41. The third-order valence-corrected chi connectivity index (χ3v) is 3.61. The fourth-order valence-electron chi connectivity index (χ4n) is 1.63. The molecule has 12 heavy (non-hydrogen) atoms. The van der Waals surface area contributed by atoms with Crippen molar-refractivity contribution in [3.63, 3.8) is 0 Å². The van der Waals surface area contributed by atoms with Crippen LogP contribution in [0.15, 0.2) is 0 Å². The summed E-state index contributed by atoms with van der Waals surface area (Å²) in [7, 11) is 0. The number of hydrogen-bond donors (Lipinski definition) is 0. The van der Waals surface area contributed by atoms with Crippen LogP contribution >= 0.6 is 11.8 Å². The second-order valence-electron chi connectivity index (χ2n) is 3.25. The van der Waals surface area contributed by atoms with E-state index in [4.69, 9.17) is 0 Å². The van der Waals surface area contributed by atoms with Crippen LogP contribution in [-0.2, 0) is 0 Å². The maximum absolute atomic E-state index is 12.2. The molecule has 0 aromatic carbocycles. The van der Waals surface area contributed by atoms with E-state index in [-0.39, 0.29) is 0 Å². The molecule has 0 amide bonds. The molecule has 0 aliphatic heterocycles. The first-order valence-corrected chi connectivity index (χ1v) is 5.42. The molecule has 4 heteroatoms. The highest BCUT2D eigenvalue weighted by Crippen LogP contribution is 2.39. The smallest absolute Gasteiger partial charge is 0.171 e. The number of rotatable bonds is 1. The summed E-state index contributed by atoms with van der Waals surface area (Å²) in [4.78, 5) is 0. The Morgan fingerprint density at radius 2 is 1.58 bits per heavy atom. The van der Waals surface area contributed by atoms with Crippen molar-refractivity contribution in [1.82, 2.24) is 0 Å². The molecule has 0 saturated heterocycles. The van der Waals surface area contributed by atoms with Crippen molar-refractivity contribution in [3.8, 4) is 0 Å². The third-order valence-electron chi connectivity index (χ3n) is 2.47. The highest BCUT2D eigenvalue weighted by molar-refractivity contribution is 7.99. The lowest BCUT2D eigenvalue weighted by molar-refractivity contribution is -0.181. The maximum atomic E-state index is 12.2. The van der Waals surface area contributed by atoms with E-state index in [0.29, 0.717) is 18.1 Å². The summed E-state index contributed by atoms with van der Waals surface area (Å²) in [5.74, 6) is -1.03. The molecule has 0 radical (unpaired) electrons. The molecule has 72 valence electrons. The minimum Gasteiger partial charge on any atom is -0.171 e. The van der Waals surface area contributed by atoms with Crippen LogP contribution in [0.2, 0.25) is 0 Å². The van der Waals surface area contributed by atoms with Gasteiger partial charge in [-0.2, -0.15) is 24.9 Å². The molecular weight excluding hydrogens is 185 g/mol. The summed E-state index contributed by atoms with van der Waals surface area (Å²) < 4.78 is 36.5. The molecule has 1 rings (SSSR count). The fraction of sp³-hybridized carbons (Fsp3) is 1.00. The quantitative estimate of drug-likeness (QED) is 0.621. The topological polar surface area (TPSA) is 0 Å². The Balaban J connectivity index is 2.36. The van der Waals surface area contributed by atoms with Crippen LogP contribution in [0.3, 0.4) is 0 Å². The lowest BCUT2D eigenvalue weighted by Crippen LogP contribution is -2.28. The van der Waals surface area contributed by atoms with Gasteiger partial charge in [0.05, 0.1) is 5.92 Å². The van der Waals surface area contributed by atoms with Gasteiger partial charge in [0.1, 0.15) is 0 Å². The largest absolute Gasteiger partial charge is 0.391 e. The average molecular weight is 198 g/mol. The van der Waals surface area contributed by atoms with Gasteiger partial charge in [0.2, 0.25) is 0 Å². The lowest BCUT2D eigenvalue weighted by atomic mass is 9.88. The van der Waals surface area contributed by atoms with E-state index >= 15 is 0 Å². The molecule has 1 aliphatic rings. The SMILES string of the molecule is CSC1CCC(C(F)(F)F)CC1. The summed E-state index contributed by atoms with van der Waals surface area (Å²) in [6.45, 7) is 0. The van der Waals surface area contributed by atoms with E-state index in [0.717, 1.165) is 12.8 Å². The highest BCUT2D eigenvalue weighted by atomic mass is 32.2. The standard InChI is InChI=1S/C8H13F3S/c1-12-7-4-2-6(3-5-7)8(9,10)11/h6-7H,2-5H2,1H3. The van der Waals surface area contributed by atoms with Crippen LogP contribution in [0.5, 0.6) is 0 Å². The van der Waals surface area contributed by atoms with Gasteiger partial charge in [-0.25, -0.2) is 0 Å². The number of halogens is 3. The van der Waals surface area contributed by atoms with Gasteiger partial charge in [0.15, 0.2) is 0 Å². The molecule has 0 heterocycles. The second kappa shape index (κ2) is 3.90. The van der Waals surface area contributed by atoms with Gasteiger partial charge < -0.3 is 0 Å². The molecule has 0 atom stereocenters. The van der Waals surface area contributed by atoms with Crippen molar-refractivity contribution in [1.29, 1.82) is 0 Å².